The Morgan fingerprint density at radius 2 is 2.25 bits per heavy atom. The smallest absolute Gasteiger partial charge is 0.293 e. The number of amides is 1. The molecule has 0 aliphatic rings. The predicted molar refractivity (Wildman–Crippen MR) is 94.1 cm³/mol. The minimum absolute atomic E-state index is 0.000921. The van der Waals surface area contributed by atoms with Crippen molar-refractivity contribution in [3.63, 3.8) is 0 Å². The molecular weight excluding hydrogens is 372 g/mol. The topological polar surface area (TPSA) is 176 Å². The second-order valence-electron chi connectivity index (χ2n) is 5.33. The zero-order valence-corrected chi connectivity index (χ0v) is 14.9. The summed E-state index contributed by atoms with van der Waals surface area (Å²) in [6.07, 6.45) is 1.37. The predicted octanol–water partition coefficient (Wildman–Crippen LogP) is -0.143. The minimum atomic E-state index is -0.629. The molecule has 1 aromatic carbocycles. The van der Waals surface area contributed by atoms with Gasteiger partial charge in [0.25, 0.3) is 5.91 Å². The Bertz CT molecular complexity index is 1010. The number of hydrogen-bond acceptors (Lipinski definition) is 11. The number of benzene rings is 1. The van der Waals surface area contributed by atoms with Crippen LogP contribution in [0.1, 0.15) is 21.7 Å². The van der Waals surface area contributed by atoms with Gasteiger partial charge in [0.2, 0.25) is 11.6 Å². The van der Waals surface area contributed by atoms with Crippen LogP contribution in [0.15, 0.2) is 27.9 Å². The fraction of sp³-hybridized carbons (Fsp3) is 0.200. The van der Waals surface area contributed by atoms with Crippen molar-refractivity contribution in [1.82, 2.24) is 30.7 Å². The number of carbonyl (C=O) groups excluding carboxylic acids is 1. The van der Waals surface area contributed by atoms with E-state index in [9.17, 15) is 9.90 Å². The van der Waals surface area contributed by atoms with Crippen LogP contribution in [0.25, 0.3) is 5.82 Å². The number of hydrogen-bond donors (Lipinski definition) is 3. The molecule has 13 nitrogen and oxygen atoms in total. The number of phenols is 1. The molecule has 0 bridgehead atoms. The van der Waals surface area contributed by atoms with E-state index in [2.05, 4.69) is 35.8 Å². The fourth-order valence-electron chi connectivity index (χ4n) is 2.25. The van der Waals surface area contributed by atoms with Crippen LogP contribution in [0.2, 0.25) is 0 Å². The first-order chi connectivity index (χ1) is 13.5. The Balaban J connectivity index is 1.79. The molecule has 0 aliphatic heterocycles. The average molecular weight is 388 g/mol. The lowest BCUT2D eigenvalue weighted by Gasteiger charge is -2.04. The molecule has 0 saturated carbocycles. The highest BCUT2D eigenvalue weighted by Gasteiger charge is 2.23. The van der Waals surface area contributed by atoms with Gasteiger partial charge in [-0.1, -0.05) is 5.21 Å². The quantitative estimate of drug-likeness (QED) is 0.364. The number of hydrazone groups is 1. The number of nitrogens with one attached hydrogen (secondary N) is 1. The van der Waals surface area contributed by atoms with E-state index in [1.807, 2.05) is 0 Å². The van der Waals surface area contributed by atoms with Gasteiger partial charge in [0.05, 0.1) is 19.9 Å². The number of aromatic nitrogens is 5. The number of nitrogens with zero attached hydrogens (tertiary/aromatic N) is 6. The molecule has 28 heavy (non-hydrogen) atoms. The van der Waals surface area contributed by atoms with E-state index >= 15 is 0 Å². The average Bonchev–Trinajstić information content (AvgIpc) is 3.29. The van der Waals surface area contributed by atoms with Crippen molar-refractivity contribution in [3.05, 3.63) is 35.2 Å². The van der Waals surface area contributed by atoms with Gasteiger partial charge in [-0.25, -0.2) is 10.1 Å². The number of nitrogen functional groups attached to an aromatic ring is 1. The summed E-state index contributed by atoms with van der Waals surface area (Å²) < 4.78 is 15.8. The van der Waals surface area contributed by atoms with Gasteiger partial charge < -0.3 is 20.3 Å². The number of rotatable bonds is 7. The Morgan fingerprint density at radius 1 is 1.43 bits per heavy atom. The van der Waals surface area contributed by atoms with Crippen molar-refractivity contribution in [3.8, 4) is 17.3 Å². The maximum Gasteiger partial charge on any atom is 0.293 e. The molecule has 0 spiro atoms. The summed E-state index contributed by atoms with van der Waals surface area (Å²) in [4.78, 5) is 12.4. The van der Waals surface area contributed by atoms with Gasteiger partial charge >= 0.3 is 0 Å². The van der Waals surface area contributed by atoms with Crippen molar-refractivity contribution in [1.29, 1.82) is 0 Å². The van der Waals surface area contributed by atoms with Crippen molar-refractivity contribution >= 4 is 17.9 Å². The molecule has 0 radical (unpaired) electrons. The molecule has 13 heteroatoms. The summed E-state index contributed by atoms with van der Waals surface area (Å²) in [5.41, 5.74) is 8.83. The molecule has 4 N–H and O–H groups in total. The van der Waals surface area contributed by atoms with Crippen LogP contribution in [0, 0.1) is 0 Å². The van der Waals surface area contributed by atoms with Gasteiger partial charge in [-0.2, -0.15) is 9.78 Å². The lowest BCUT2D eigenvalue weighted by molar-refractivity contribution is 0.0944. The SMILES string of the molecule is COCc1c(C(=O)NN=Cc2ccc(O)c(OC)c2)nnn1-c1nonc1N. The number of phenolic OH excluding ortho intramolecular Hbond substituents is 1. The van der Waals surface area contributed by atoms with E-state index in [4.69, 9.17) is 15.2 Å². The summed E-state index contributed by atoms with van der Waals surface area (Å²) in [5, 5.41) is 28.2. The second-order valence-corrected chi connectivity index (χ2v) is 5.33. The van der Waals surface area contributed by atoms with Crippen LogP contribution in [-0.2, 0) is 11.3 Å². The number of anilines is 1. The standard InChI is InChI=1S/C15H16N8O5/c1-26-7-9-12(18-22-23(9)14-13(16)20-28-21-14)15(25)19-17-6-8-3-4-10(24)11(5-8)27-2/h3-6,24H,7H2,1-2H3,(H2,16,20)(H,19,25). The second kappa shape index (κ2) is 8.13. The highest BCUT2D eigenvalue weighted by molar-refractivity contribution is 5.94. The molecule has 0 aliphatic carbocycles. The lowest BCUT2D eigenvalue weighted by atomic mass is 10.2. The fourth-order valence-corrected chi connectivity index (χ4v) is 2.25. The maximum atomic E-state index is 12.4. The van der Waals surface area contributed by atoms with Crippen LogP contribution in [-0.4, -0.2) is 56.8 Å². The van der Waals surface area contributed by atoms with Gasteiger partial charge in [0.15, 0.2) is 17.2 Å². The first kappa shape index (κ1) is 18.8. The lowest BCUT2D eigenvalue weighted by Crippen LogP contribution is -2.20. The van der Waals surface area contributed by atoms with Crippen LogP contribution in [0.3, 0.4) is 0 Å². The minimum Gasteiger partial charge on any atom is -0.504 e. The molecule has 1 amide bonds. The van der Waals surface area contributed by atoms with Gasteiger partial charge in [0.1, 0.15) is 5.69 Å². The van der Waals surface area contributed by atoms with E-state index < -0.39 is 5.91 Å². The first-order valence-corrected chi connectivity index (χ1v) is 7.77. The van der Waals surface area contributed by atoms with Crippen LogP contribution in [0.4, 0.5) is 5.82 Å². The first-order valence-electron chi connectivity index (χ1n) is 7.77. The van der Waals surface area contributed by atoms with Crippen molar-refractivity contribution < 1.29 is 24.0 Å². The van der Waals surface area contributed by atoms with Gasteiger partial charge in [-0.15, -0.1) is 5.10 Å². The molecule has 3 rings (SSSR count). The molecule has 3 aromatic rings. The Morgan fingerprint density at radius 3 is 2.93 bits per heavy atom. The monoisotopic (exact) mass is 388 g/mol. The van der Waals surface area contributed by atoms with Crippen LogP contribution < -0.4 is 15.9 Å². The number of aromatic hydroxyl groups is 1. The summed E-state index contributed by atoms with van der Waals surface area (Å²) >= 11 is 0. The third-order valence-corrected chi connectivity index (χ3v) is 3.54. The molecule has 146 valence electrons. The molecule has 0 fully saturated rings. The molecule has 0 saturated heterocycles. The van der Waals surface area contributed by atoms with Gasteiger partial charge in [-0.3, -0.25) is 4.79 Å². The van der Waals surface area contributed by atoms with Gasteiger partial charge in [0, 0.05) is 7.11 Å². The third kappa shape index (κ3) is 3.73. The molecule has 0 atom stereocenters. The number of carbonyl (C=O) groups is 1. The van der Waals surface area contributed by atoms with E-state index in [1.54, 1.807) is 12.1 Å². The van der Waals surface area contributed by atoms with Crippen molar-refractivity contribution in [2.45, 2.75) is 6.61 Å². The summed E-state index contributed by atoms with van der Waals surface area (Å²) in [7, 11) is 2.87. The van der Waals surface area contributed by atoms with E-state index in [0.717, 1.165) is 0 Å². The number of nitrogens with two attached hydrogens (primary N) is 1. The summed E-state index contributed by atoms with van der Waals surface area (Å²) in [5.74, 6) is -0.298. The largest absolute Gasteiger partial charge is 0.504 e. The highest BCUT2D eigenvalue weighted by atomic mass is 16.6. The summed E-state index contributed by atoms with van der Waals surface area (Å²) in [6, 6.07) is 4.60. The number of ether oxygens (including phenoxy) is 2. The Hall–Kier alpha value is -4.00. The normalized spacial score (nSPS) is 11.1. The van der Waals surface area contributed by atoms with E-state index in [-0.39, 0.29) is 41.1 Å². The maximum absolute atomic E-state index is 12.4. The molecule has 2 heterocycles. The Kier molecular flexibility index (Phi) is 5.45. The van der Waals surface area contributed by atoms with Crippen molar-refractivity contribution in [2.75, 3.05) is 20.0 Å². The van der Waals surface area contributed by atoms with E-state index in [0.29, 0.717) is 5.56 Å². The molecule has 0 unspecified atom stereocenters. The summed E-state index contributed by atoms with van der Waals surface area (Å²) in [6.45, 7) is 0.000921. The van der Waals surface area contributed by atoms with Gasteiger partial charge in [-0.05, 0) is 34.1 Å². The van der Waals surface area contributed by atoms with E-state index in [1.165, 1.54) is 31.2 Å². The zero-order valence-electron chi connectivity index (χ0n) is 14.9. The molecular formula is C15H16N8O5. The Labute approximate surface area is 157 Å². The third-order valence-electron chi connectivity index (χ3n) is 3.54. The van der Waals surface area contributed by atoms with Crippen LogP contribution in [0.5, 0.6) is 11.5 Å². The van der Waals surface area contributed by atoms with Crippen LogP contribution >= 0.6 is 0 Å². The molecule has 2 aromatic heterocycles. The number of methoxy groups -OCH3 is 2. The zero-order chi connectivity index (χ0) is 20.1. The highest BCUT2D eigenvalue weighted by Crippen LogP contribution is 2.25. The van der Waals surface area contributed by atoms with Crippen molar-refractivity contribution in [2.24, 2.45) is 5.10 Å².